The third-order valence-electron chi connectivity index (χ3n) is 4.72. The highest BCUT2D eigenvalue weighted by atomic mass is 16.6. The van der Waals surface area contributed by atoms with Crippen molar-refractivity contribution in [2.45, 2.75) is 20.0 Å². The maximum absolute atomic E-state index is 13.0. The fourth-order valence-corrected chi connectivity index (χ4v) is 3.34. The molecule has 7 heteroatoms. The number of nitrogens with one attached hydrogen (secondary N) is 1. The summed E-state index contributed by atoms with van der Waals surface area (Å²) in [4.78, 5) is 29.0. The van der Waals surface area contributed by atoms with Gasteiger partial charge >= 0.3 is 5.97 Å². The van der Waals surface area contributed by atoms with Gasteiger partial charge in [0.15, 0.2) is 17.6 Å². The first kappa shape index (κ1) is 20.3. The van der Waals surface area contributed by atoms with Gasteiger partial charge in [-0.2, -0.15) is 0 Å². The Labute approximate surface area is 168 Å². The number of hydrogen-bond acceptors (Lipinski definition) is 6. The molecule has 0 saturated heterocycles. The summed E-state index contributed by atoms with van der Waals surface area (Å²) in [6.45, 7) is 3.37. The van der Waals surface area contributed by atoms with Gasteiger partial charge in [-0.05, 0) is 32.0 Å². The molecular weight excluding hydrogens is 374 g/mol. The summed E-state index contributed by atoms with van der Waals surface area (Å²) in [7, 11) is 4.35. The summed E-state index contributed by atoms with van der Waals surface area (Å²) in [5.74, 6) is -0.107. The Morgan fingerprint density at radius 3 is 2.28 bits per heavy atom. The van der Waals surface area contributed by atoms with Gasteiger partial charge in [0, 0.05) is 22.2 Å². The summed E-state index contributed by atoms with van der Waals surface area (Å²) in [6, 6.07) is 10.6. The van der Waals surface area contributed by atoms with E-state index in [2.05, 4.69) is 4.98 Å². The van der Waals surface area contributed by atoms with Crippen LogP contribution >= 0.6 is 0 Å². The number of para-hydroxylation sites is 1. The molecule has 1 aromatic heterocycles. The van der Waals surface area contributed by atoms with Crippen LogP contribution in [0, 0.1) is 6.92 Å². The lowest BCUT2D eigenvalue weighted by Gasteiger charge is -2.17. The number of aromatic amines is 1. The van der Waals surface area contributed by atoms with Crippen LogP contribution in [-0.2, 0) is 4.74 Å². The molecular formula is C22H23NO6. The average molecular weight is 397 g/mol. The zero-order chi connectivity index (χ0) is 21.1. The zero-order valence-electron chi connectivity index (χ0n) is 17.0. The monoisotopic (exact) mass is 397 g/mol. The topological polar surface area (TPSA) is 86.9 Å². The number of esters is 1. The number of aryl methyl sites for hydroxylation is 1. The van der Waals surface area contributed by atoms with Crippen LogP contribution in [0.25, 0.3) is 10.9 Å². The lowest BCUT2D eigenvalue weighted by Crippen LogP contribution is -2.25. The second-order valence-electron chi connectivity index (χ2n) is 6.46. The van der Waals surface area contributed by atoms with Crippen molar-refractivity contribution in [2.75, 3.05) is 21.3 Å². The van der Waals surface area contributed by atoms with Crippen LogP contribution in [0.5, 0.6) is 17.2 Å². The molecule has 0 radical (unpaired) electrons. The predicted molar refractivity (Wildman–Crippen MR) is 108 cm³/mol. The summed E-state index contributed by atoms with van der Waals surface area (Å²) < 4.78 is 21.3. The number of Topliss-reactive ketones (excluding diaryl/α,β-unsaturated/α-hetero) is 1. The molecule has 1 heterocycles. The minimum Gasteiger partial charge on any atom is -0.493 e. The number of methoxy groups -OCH3 is 3. The number of ether oxygens (including phenoxy) is 4. The molecule has 0 bridgehead atoms. The molecule has 0 fully saturated rings. The second kappa shape index (κ2) is 8.26. The number of carbonyl (C=O) groups is 2. The maximum atomic E-state index is 13.0. The molecule has 0 spiro atoms. The van der Waals surface area contributed by atoms with Crippen molar-refractivity contribution in [3.63, 3.8) is 0 Å². The van der Waals surface area contributed by atoms with Gasteiger partial charge in [-0.3, -0.25) is 4.79 Å². The van der Waals surface area contributed by atoms with Crippen molar-refractivity contribution in [2.24, 2.45) is 0 Å². The van der Waals surface area contributed by atoms with Crippen molar-refractivity contribution in [1.82, 2.24) is 4.98 Å². The van der Waals surface area contributed by atoms with E-state index in [0.29, 0.717) is 11.3 Å². The highest BCUT2D eigenvalue weighted by Gasteiger charge is 2.27. The SMILES string of the molecule is COc1ccc(C(=O)OC(C)C(=O)c2c(C)[nH]c3ccccc23)c(OC)c1OC. The molecule has 0 saturated carbocycles. The van der Waals surface area contributed by atoms with Crippen molar-refractivity contribution in [3.8, 4) is 17.2 Å². The van der Waals surface area contributed by atoms with E-state index in [9.17, 15) is 9.59 Å². The Bertz CT molecular complexity index is 1070. The molecule has 0 aliphatic carbocycles. The normalized spacial score (nSPS) is 11.8. The van der Waals surface area contributed by atoms with Gasteiger partial charge in [0.25, 0.3) is 0 Å². The highest BCUT2D eigenvalue weighted by Crippen LogP contribution is 2.40. The summed E-state index contributed by atoms with van der Waals surface area (Å²) in [5.41, 5.74) is 2.23. The summed E-state index contributed by atoms with van der Waals surface area (Å²) in [6.07, 6.45) is -0.988. The Morgan fingerprint density at radius 2 is 1.62 bits per heavy atom. The van der Waals surface area contributed by atoms with Gasteiger partial charge in [0.05, 0.1) is 21.3 Å². The molecule has 0 amide bonds. The minimum absolute atomic E-state index is 0.139. The van der Waals surface area contributed by atoms with Gasteiger partial charge in [0.1, 0.15) is 5.56 Å². The Balaban J connectivity index is 1.89. The zero-order valence-corrected chi connectivity index (χ0v) is 17.0. The van der Waals surface area contributed by atoms with E-state index in [1.807, 2.05) is 31.2 Å². The largest absolute Gasteiger partial charge is 0.493 e. The lowest BCUT2D eigenvalue weighted by molar-refractivity contribution is 0.0315. The molecule has 0 aliphatic rings. The fourth-order valence-electron chi connectivity index (χ4n) is 3.34. The first-order chi connectivity index (χ1) is 13.9. The van der Waals surface area contributed by atoms with Crippen LogP contribution in [0.3, 0.4) is 0 Å². The third-order valence-corrected chi connectivity index (χ3v) is 4.72. The first-order valence-electron chi connectivity index (χ1n) is 9.04. The van der Waals surface area contributed by atoms with Gasteiger partial charge in [-0.25, -0.2) is 4.79 Å². The second-order valence-corrected chi connectivity index (χ2v) is 6.46. The van der Waals surface area contributed by atoms with Crippen LogP contribution in [0.1, 0.15) is 33.3 Å². The van der Waals surface area contributed by atoms with Crippen LogP contribution in [0.15, 0.2) is 36.4 Å². The van der Waals surface area contributed by atoms with Gasteiger partial charge in [-0.15, -0.1) is 0 Å². The molecule has 29 heavy (non-hydrogen) atoms. The molecule has 1 atom stereocenters. The standard InChI is InChI=1S/C22H23NO6/c1-12-18(14-8-6-7-9-16(14)23-12)19(24)13(2)29-22(25)15-10-11-17(26-3)21(28-5)20(15)27-4/h6-11,13,23H,1-5H3. The molecule has 3 rings (SSSR count). The molecule has 7 nitrogen and oxygen atoms in total. The highest BCUT2D eigenvalue weighted by molar-refractivity contribution is 6.11. The number of carbonyl (C=O) groups excluding carboxylic acids is 2. The Kier molecular flexibility index (Phi) is 5.77. The van der Waals surface area contributed by atoms with E-state index in [-0.39, 0.29) is 22.8 Å². The van der Waals surface area contributed by atoms with Gasteiger partial charge in [0.2, 0.25) is 11.5 Å². The van der Waals surface area contributed by atoms with Gasteiger partial charge < -0.3 is 23.9 Å². The number of hydrogen-bond donors (Lipinski definition) is 1. The number of aromatic nitrogens is 1. The smallest absolute Gasteiger partial charge is 0.342 e. The summed E-state index contributed by atoms with van der Waals surface area (Å²) in [5, 5.41) is 0.793. The van der Waals surface area contributed by atoms with E-state index < -0.39 is 12.1 Å². The van der Waals surface area contributed by atoms with Crippen molar-refractivity contribution >= 4 is 22.7 Å². The molecule has 2 aromatic carbocycles. The lowest BCUT2D eigenvalue weighted by atomic mass is 10.0. The number of rotatable bonds is 7. The quantitative estimate of drug-likeness (QED) is 0.480. The van der Waals surface area contributed by atoms with Crippen LogP contribution in [0.2, 0.25) is 0 Å². The van der Waals surface area contributed by atoms with E-state index >= 15 is 0 Å². The molecule has 1 unspecified atom stereocenters. The van der Waals surface area contributed by atoms with E-state index in [1.165, 1.54) is 27.4 Å². The fraction of sp³-hybridized carbons (Fsp3) is 0.273. The van der Waals surface area contributed by atoms with Crippen LogP contribution < -0.4 is 14.2 Å². The molecule has 1 N–H and O–H groups in total. The average Bonchev–Trinajstić information content (AvgIpc) is 3.07. The predicted octanol–water partition coefficient (Wildman–Crippen LogP) is 3.93. The number of benzene rings is 2. The summed E-state index contributed by atoms with van der Waals surface area (Å²) >= 11 is 0. The van der Waals surface area contributed by atoms with Crippen molar-refractivity contribution < 1.29 is 28.5 Å². The first-order valence-corrected chi connectivity index (χ1v) is 9.04. The Morgan fingerprint density at radius 1 is 0.931 bits per heavy atom. The number of ketones is 1. The molecule has 0 aliphatic heterocycles. The Hall–Kier alpha value is -3.48. The van der Waals surface area contributed by atoms with Crippen molar-refractivity contribution in [3.05, 3.63) is 53.2 Å². The maximum Gasteiger partial charge on any atom is 0.342 e. The van der Waals surface area contributed by atoms with Crippen molar-refractivity contribution in [1.29, 1.82) is 0 Å². The van der Waals surface area contributed by atoms with E-state index in [0.717, 1.165) is 16.6 Å². The van der Waals surface area contributed by atoms with Gasteiger partial charge in [-0.1, -0.05) is 18.2 Å². The molecule has 3 aromatic rings. The third kappa shape index (κ3) is 3.63. The number of fused-ring (bicyclic) bond motifs is 1. The van der Waals surface area contributed by atoms with Crippen LogP contribution in [0.4, 0.5) is 0 Å². The van der Waals surface area contributed by atoms with E-state index in [4.69, 9.17) is 18.9 Å². The van der Waals surface area contributed by atoms with E-state index in [1.54, 1.807) is 13.0 Å². The molecule has 152 valence electrons. The van der Waals surface area contributed by atoms with Crippen LogP contribution in [-0.4, -0.2) is 44.2 Å². The minimum atomic E-state index is -0.988. The number of H-pyrrole nitrogens is 1.